The summed E-state index contributed by atoms with van der Waals surface area (Å²) in [6, 6.07) is 3.93. The Labute approximate surface area is 137 Å². The van der Waals surface area contributed by atoms with Crippen molar-refractivity contribution in [2.45, 2.75) is 20.4 Å². The zero-order valence-corrected chi connectivity index (χ0v) is 14.8. The maximum atomic E-state index is 5.75. The van der Waals surface area contributed by atoms with Crippen molar-refractivity contribution in [3.05, 3.63) is 27.0 Å². The van der Waals surface area contributed by atoms with Crippen LogP contribution in [0.2, 0.25) is 0 Å². The van der Waals surface area contributed by atoms with E-state index in [0.29, 0.717) is 13.2 Å². The van der Waals surface area contributed by atoms with Gasteiger partial charge in [0.1, 0.15) is 16.5 Å². The fraction of sp³-hybridized carbons (Fsp3) is 0.400. The minimum atomic E-state index is 0.605. The zero-order valence-electron chi connectivity index (χ0n) is 12.4. The van der Waals surface area contributed by atoms with Gasteiger partial charge in [-0.1, -0.05) is 0 Å². The van der Waals surface area contributed by atoms with Gasteiger partial charge in [0, 0.05) is 23.6 Å². The molecule has 0 atom stereocenters. The first-order valence-electron chi connectivity index (χ1n) is 6.88. The fourth-order valence-electron chi connectivity index (χ4n) is 1.94. The van der Waals surface area contributed by atoms with E-state index in [1.54, 1.807) is 11.3 Å². The zero-order chi connectivity index (χ0) is 15.2. The van der Waals surface area contributed by atoms with Crippen molar-refractivity contribution in [1.29, 1.82) is 0 Å². The molecule has 0 amide bonds. The van der Waals surface area contributed by atoms with Crippen molar-refractivity contribution in [2.75, 3.05) is 20.3 Å². The lowest BCUT2D eigenvalue weighted by molar-refractivity contribution is 0.322. The van der Waals surface area contributed by atoms with Gasteiger partial charge in [-0.2, -0.15) is 0 Å². The molecule has 0 aliphatic heterocycles. The molecule has 0 aliphatic carbocycles. The van der Waals surface area contributed by atoms with Crippen molar-refractivity contribution in [3.63, 3.8) is 0 Å². The second-order valence-corrected chi connectivity index (χ2v) is 6.10. The van der Waals surface area contributed by atoms with Gasteiger partial charge in [0.05, 0.1) is 23.4 Å². The molecule has 0 bridgehead atoms. The first-order valence-corrected chi connectivity index (χ1v) is 8.55. The number of aromatic nitrogens is 1. The highest BCUT2D eigenvalue weighted by Gasteiger charge is 2.14. The molecule has 0 spiro atoms. The third kappa shape index (κ3) is 3.96. The molecule has 21 heavy (non-hydrogen) atoms. The molecule has 1 N–H and O–H groups in total. The molecule has 6 heteroatoms. The van der Waals surface area contributed by atoms with E-state index in [-0.39, 0.29) is 0 Å². The van der Waals surface area contributed by atoms with Crippen LogP contribution in [0.4, 0.5) is 0 Å². The molecule has 0 saturated carbocycles. The van der Waals surface area contributed by atoms with Gasteiger partial charge in [0.2, 0.25) is 0 Å². The van der Waals surface area contributed by atoms with Gasteiger partial charge in [-0.25, -0.2) is 4.98 Å². The molecule has 0 fully saturated rings. The molecule has 4 nitrogen and oxygen atoms in total. The Bertz CT molecular complexity index is 601. The Morgan fingerprint density at radius 3 is 2.57 bits per heavy atom. The number of nitrogens with zero attached hydrogens (tertiary/aromatic N) is 1. The van der Waals surface area contributed by atoms with Crippen LogP contribution in [0.25, 0.3) is 11.3 Å². The van der Waals surface area contributed by atoms with Crippen LogP contribution in [0.3, 0.4) is 0 Å². The molecule has 0 aliphatic rings. The van der Waals surface area contributed by atoms with E-state index in [9.17, 15) is 0 Å². The summed E-state index contributed by atoms with van der Waals surface area (Å²) in [7, 11) is 1.92. The monoisotopic (exact) mass is 370 g/mol. The number of rotatable bonds is 7. The molecule has 0 radical (unpaired) electrons. The summed E-state index contributed by atoms with van der Waals surface area (Å²) in [6.07, 6.45) is 0. The van der Waals surface area contributed by atoms with Crippen LogP contribution in [0, 0.1) is 0 Å². The fourth-order valence-corrected chi connectivity index (χ4v) is 3.21. The van der Waals surface area contributed by atoms with E-state index in [1.165, 1.54) is 0 Å². The van der Waals surface area contributed by atoms with Crippen molar-refractivity contribution in [1.82, 2.24) is 10.3 Å². The summed E-state index contributed by atoms with van der Waals surface area (Å²) in [4.78, 5) is 4.64. The number of nitrogens with one attached hydrogen (secondary N) is 1. The minimum Gasteiger partial charge on any atom is -0.493 e. The predicted octanol–water partition coefficient (Wildman–Crippen LogP) is 4.09. The molecule has 1 aromatic carbocycles. The Balaban J connectivity index is 2.42. The maximum Gasteiger partial charge on any atom is 0.137 e. The topological polar surface area (TPSA) is 43.4 Å². The second-order valence-electron chi connectivity index (χ2n) is 4.30. The molecule has 0 saturated heterocycles. The molecule has 0 unspecified atom stereocenters. The van der Waals surface area contributed by atoms with Crippen LogP contribution in [0.5, 0.6) is 11.5 Å². The molecular formula is C15H19BrN2O2S. The van der Waals surface area contributed by atoms with Gasteiger partial charge in [0.15, 0.2) is 0 Å². The number of halogens is 1. The molecule has 114 valence electrons. The lowest BCUT2D eigenvalue weighted by Crippen LogP contribution is -2.04. The molecule has 2 aromatic rings. The van der Waals surface area contributed by atoms with Gasteiger partial charge >= 0.3 is 0 Å². The van der Waals surface area contributed by atoms with Crippen LogP contribution in [-0.2, 0) is 6.54 Å². The number of hydrogen-bond donors (Lipinski definition) is 1. The van der Waals surface area contributed by atoms with Gasteiger partial charge < -0.3 is 14.8 Å². The van der Waals surface area contributed by atoms with E-state index in [0.717, 1.165) is 38.8 Å². The first kappa shape index (κ1) is 16.3. The highest BCUT2D eigenvalue weighted by molar-refractivity contribution is 9.10. The number of ether oxygens (including phenoxy) is 2. The van der Waals surface area contributed by atoms with E-state index >= 15 is 0 Å². The van der Waals surface area contributed by atoms with E-state index in [2.05, 4.69) is 31.6 Å². The van der Waals surface area contributed by atoms with Crippen LogP contribution in [-0.4, -0.2) is 25.2 Å². The predicted molar refractivity (Wildman–Crippen MR) is 90.4 cm³/mol. The van der Waals surface area contributed by atoms with Crippen molar-refractivity contribution < 1.29 is 9.47 Å². The average Bonchev–Trinajstić information content (AvgIpc) is 2.91. The number of hydrogen-bond acceptors (Lipinski definition) is 5. The average molecular weight is 371 g/mol. The van der Waals surface area contributed by atoms with Crippen LogP contribution in [0.15, 0.2) is 22.0 Å². The first-order chi connectivity index (χ1) is 10.2. The summed E-state index contributed by atoms with van der Waals surface area (Å²) >= 11 is 5.19. The quantitative estimate of drug-likeness (QED) is 0.796. The van der Waals surface area contributed by atoms with Gasteiger partial charge in [-0.15, -0.1) is 11.3 Å². The van der Waals surface area contributed by atoms with Crippen LogP contribution < -0.4 is 14.8 Å². The van der Waals surface area contributed by atoms with Gasteiger partial charge in [0.25, 0.3) is 0 Å². The summed E-state index contributed by atoms with van der Waals surface area (Å²) < 4.78 is 12.3. The second kappa shape index (κ2) is 7.77. The third-order valence-corrected chi connectivity index (χ3v) is 4.26. The Morgan fingerprint density at radius 2 is 1.90 bits per heavy atom. The van der Waals surface area contributed by atoms with Crippen LogP contribution in [0.1, 0.15) is 18.9 Å². The van der Waals surface area contributed by atoms with Crippen molar-refractivity contribution in [2.24, 2.45) is 0 Å². The molecule has 1 aromatic heterocycles. The smallest absolute Gasteiger partial charge is 0.137 e. The minimum absolute atomic E-state index is 0.605. The van der Waals surface area contributed by atoms with E-state index in [1.807, 2.05) is 33.0 Å². The SMILES string of the molecule is CCOc1cc(OCC)c(-c2csc(CNC)n2)cc1Br. The lowest BCUT2D eigenvalue weighted by atomic mass is 10.1. The summed E-state index contributed by atoms with van der Waals surface area (Å²) in [6.45, 7) is 5.93. The van der Waals surface area contributed by atoms with Gasteiger partial charge in [-0.05, 0) is 42.9 Å². The third-order valence-electron chi connectivity index (χ3n) is 2.79. The molecule has 2 rings (SSSR count). The molecular weight excluding hydrogens is 352 g/mol. The lowest BCUT2D eigenvalue weighted by Gasteiger charge is -2.13. The van der Waals surface area contributed by atoms with Crippen molar-refractivity contribution >= 4 is 27.3 Å². The van der Waals surface area contributed by atoms with E-state index < -0.39 is 0 Å². The number of benzene rings is 1. The Morgan fingerprint density at radius 1 is 1.19 bits per heavy atom. The standard InChI is InChI=1S/C15H19BrN2O2S/c1-4-19-13-7-14(20-5-2)11(16)6-10(13)12-9-21-15(18-12)8-17-3/h6-7,9,17H,4-5,8H2,1-3H3. The van der Waals surface area contributed by atoms with E-state index in [4.69, 9.17) is 9.47 Å². The maximum absolute atomic E-state index is 5.75. The highest BCUT2D eigenvalue weighted by atomic mass is 79.9. The Kier molecular flexibility index (Phi) is 6.02. The highest BCUT2D eigenvalue weighted by Crippen LogP contribution is 2.39. The number of thiazole rings is 1. The van der Waals surface area contributed by atoms with Crippen molar-refractivity contribution in [3.8, 4) is 22.8 Å². The summed E-state index contributed by atoms with van der Waals surface area (Å²) in [5, 5.41) is 6.22. The molecule has 1 heterocycles. The van der Waals surface area contributed by atoms with Gasteiger partial charge in [-0.3, -0.25) is 0 Å². The summed E-state index contributed by atoms with van der Waals surface area (Å²) in [5.41, 5.74) is 1.91. The normalized spacial score (nSPS) is 10.7. The summed E-state index contributed by atoms with van der Waals surface area (Å²) in [5.74, 6) is 1.58. The largest absolute Gasteiger partial charge is 0.493 e. The Hall–Kier alpha value is -1.11. The van der Waals surface area contributed by atoms with Crippen LogP contribution >= 0.6 is 27.3 Å².